The molecule has 3 fully saturated rings. The lowest BCUT2D eigenvalue weighted by atomic mass is 9.77. The first-order chi connectivity index (χ1) is 30.9. The number of aromatic nitrogens is 3. The first kappa shape index (κ1) is 54.3. The average Bonchev–Trinajstić information content (AvgIpc) is 3.73. The molecule has 0 saturated carbocycles. The molecule has 66 heavy (non-hydrogen) atoms. The topological polar surface area (TPSA) is 211 Å². The summed E-state index contributed by atoms with van der Waals surface area (Å²) in [5.41, 5.74) is -2.35. The minimum Gasteiger partial charge on any atom is -0.459 e. The lowest BCUT2D eigenvalue weighted by Gasteiger charge is -2.49. The zero-order valence-electron chi connectivity index (χ0n) is 41.8. The molecule has 3 aliphatic heterocycles. The van der Waals surface area contributed by atoms with Crippen LogP contribution in [0.4, 0.5) is 0 Å². The van der Waals surface area contributed by atoms with E-state index in [1.165, 1.54) is 19.6 Å². The minimum atomic E-state index is -1.83. The molecule has 17 nitrogen and oxygen atoms in total. The predicted octanol–water partition coefficient (Wildman–Crippen LogP) is 3.35. The van der Waals surface area contributed by atoms with E-state index in [0.29, 0.717) is 26.1 Å². The van der Waals surface area contributed by atoms with Crippen LogP contribution in [0.5, 0.6) is 0 Å². The molecule has 5 N–H and O–H groups in total. The van der Waals surface area contributed by atoms with E-state index in [1.54, 1.807) is 41.5 Å². The minimum absolute atomic E-state index is 0.112. The lowest BCUT2D eigenvalue weighted by molar-refractivity contribution is -0.318. The van der Waals surface area contributed by atoms with E-state index in [4.69, 9.17) is 28.4 Å². The average molecular weight is 934 g/mol. The van der Waals surface area contributed by atoms with E-state index in [9.17, 15) is 30.3 Å². The van der Waals surface area contributed by atoms with Gasteiger partial charge in [-0.2, -0.15) is 0 Å². The number of carbonyl (C=O) groups excluding carboxylic acids is 1. The first-order valence-corrected chi connectivity index (χ1v) is 24.1. The Morgan fingerprint density at radius 1 is 0.939 bits per heavy atom. The van der Waals surface area contributed by atoms with Crippen LogP contribution >= 0.6 is 0 Å². The summed E-state index contributed by atoms with van der Waals surface area (Å²) in [6, 6.07) is 9.31. The van der Waals surface area contributed by atoms with Crippen LogP contribution in [-0.4, -0.2) is 181 Å². The Bertz CT molecular complexity index is 1800. The van der Waals surface area contributed by atoms with Crippen LogP contribution < -0.4 is 0 Å². The number of hydrogen-bond donors (Lipinski definition) is 5. The van der Waals surface area contributed by atoms with E-state index in [-0.39, 0.29) is 31.3 Å². The van der Waals surface area contributed by atoms with Crippen molar-refractivity contribution in [3.8, 4) is 0 Å². The molecule has 4 heterocycles. The van der Waals surface area contributed by atoms with Gasteiger partial charge in [-0.1, -0.05) is 56.3 Å². The van der Waals surface area contributed by atoms with E-state index in [0.717, 1.165) is 18.5 Å². The highest BCUT2D eigenvalue weighted by atomic mass is 16.7. The molecule has 17 heteroatoms. The van der Waals surface area contributed by atoms with Crippen LogP contribution in [0.2, 0.25) is 0 Å². The zero-order chi connectivity index (χ0) is 48.9. The fourth-order valence-corrected chi connectivity index (χ4v) is 10.6. The maximum Gasteiger partial charge on any atom is 0.311 e. The third-order valence-electron chi connectivity index (χ3n) is 14.9. The first-order valence-electron chi connectivity index (χ1n) is 24.1. The molecule has 376 valence electrons. The van der Waals surface area contributed by atoms with Crippen LogP contribution in [0.25, 0.3) is 0 Å². The van der Waals surface area contributed by atoms with Crippen LogP contribution in [0.3, 0.4) is 0 Å². The molecule has 0 bridgehead atoms. The Morgan fingerprint density at radius 2 is 1.62 bits per heavy atom. The van der Waals surface area contributed by atoms with Crippen molar-refractivity contribution in [3.63, 3.8) is 0 Å². The summed E-state index contributed by atoms with van der Waals surface area (Å²) in [6.07, 6.45) is -5.22. The highest BCUT2D eigenvalue weighted by molar-refractivity contribution is 5.73. The number of cyclic esters (lactones) is 1. The van der Waals surface area contributed by atoms with Crippen molar-refractivity contribution in [1.82, 2.24) is 24.8 Å². The lowest BCUT2D eigenvalue weighted by Crippen LogP contribution is -2.61. The second-order valence-electron chi connectivity index (χ2n) is 20.6. The molecule has 3 saturated heterocycles. The second-order valence-corrected chi connectivity index (χ2v) is 20.6. The quantitative estimate of drug-likeness (QED) is 0.183. The molecule has 18 atom stereocenters. The number of aliphatic hydroxyl groups is 5. The van der Waals surface area contributed by atoms with Gasteiger partial charge in [0.25, 0.3) is 0 Å². The number of methoxy groups -OCH3 is 1. The monoisotopic (exact) mass is 934 g/mol. The van der Waals surface area contributed by atoms with Crippen molar-refractivity contribution < 1.29 is 58.7 Å². The van der Waals surface area contributed by atoms with Gasteiger partial charge in [-0.15, -0.1) is 5.10 Å². The van der Waals surface area contributed by atoms with Crippen LogP contribution in [0.15, 0.2) is 36.5 Å². The number of nitrogens with zero attached hydrogens (tertiary/aromatic N) is 5. The molecule has 0 aliphatic carbocycles. The van der Waals surface area contributed by atoms with Gasteiger partial charge in [0, 0.05) is 50.8 Å². The Labute approximate surface area is 393 Å². The van der Waals surface area contributed by atoms with Crippen molar-refractivity contribution in [1.29, 1.82) is 0 Å². The van der Waals surface area contributed by atoms with Gasteiger partial charge >= 0.3 is 5.97 Å². The molecule has 1 aromatic heterocycles. The fraction of sp³-hybridized carbons (Fsp3) is 0.816. The Morgan fingerprint density at radius 3 is 2.27 bits per heavy atom. The van der Waals surface area contributed by atoms with Crippen LogP contribution in [0.1, 0.15) is 106 Å². The van der Waals surface area contributed by atoms with Crippen molar-refractivity contribution in [2.24, 2.45) is 17.8 Å². The van der Waals surface area contributed by atoms with Crippen LogP contribution in [0, 0.1) is 17.8 Å². The maximum absolute atomic E-state index is 14.4. The molecule has 2 aromatic rings. The van der Waals surface area contributed by atoms with Crippen molar-refractivity contribution in [2.45, 2.75) is 205 Å². The summed E-state index contributed by atoms with van der Waals surface area (Å²) in [5.74, 6) is -2.72. The van der Waals surface area contributed by atoms with Crippen molar-refractivity contribution in [2.75, 3.05) is 34.3 Å². The van der Waals surface area contributed by atoms with Crippen molar-refractivity contribution in [3.05, 3.63) is 47.8 Å². The van der Waals surface area contributed by atoms with E-state index < -0.39 is 102 Å². The summed E-state index contributed by atoms with van der Waals surface area (Å²) in [7, 11) is 5.30. The number of carbonyl (C=O) groups is 1. The van der Waals surface area contributed by atoms with Gasteiger partial charge in [-0.25, -0.2) is 0 Å². The van der Waals surface area contributed by atoms with E-state index >= 15 is 0 Å². The van der Waals surface area contributed by atoms with Crippen molar-refractivity contribution >= 4 is 5.97 Å². The molecule has 0 amide bonds. The number of aliphatic hydroxyl groups excluding tert-OH is 3. The summed E-state index contributed by atoms with van der Waals surface area (Å²) in [5, 5.41) is 68.3. The highest BCUT2D eigenvalue weighted by Crippen LogP contribution is 2.40. The van der Waals surface area contributed by atoms with E-state index in [1.807, 2.05) is 68.8 Å². The molecule has 1 aromatic carbocycles. The predicted molar refractivity (Wildman–Crippen MR) is 247 cm³/mol. The molecule has 5 rings (SSSR count). The number of ether oxygens (including phenoxy) is 6. The highest BCUT2D eigenvalue weighted by Gasteiger charge is 2.53. The zero-order valence-corrected chi connectivity index (χ0v) is 41.8. The fourth-order valence-electron chi connectivity index (χ4n) is 10.6. The molecule has 0 spiro atoms. The SMILES string of the molecule is CC[C@H]1OC(=O)[C@H](C)[C@@H](O[C@H]2C[C@@](C)(OC)[C@@H](O)[C@H](C)O2)[C@H](C)[C@@H](O[C@@H]2O[C@H](C)C[C@H](N(C)CCn3cc(CCc4ccccc4)nn3)[C@H]2O)[C@](C)(O)C[C@@H](C)CN(C)[C@H](C)[C@@H](O)[C@]1(C)O. The number of likely N-dealkylation sites (N-methyl/N-ethyl adjacent to an activating group) is 2. The smallest absolute Gasteiger partial charge is 0.311 e. The van der Waals surface area contributed by atoms with Gasteiger partial charge in [0.15, 0.2) is 12.6 Å². The molecule has 0 radical (unpaired) electrons. The van der Waals surface area contributed by atoms with Crippen LogP contribution in [-0.2, 0) is 52.6 Å². The number of hydrogen-bond acceptors (Lipinski definition) is 16. The van der Waals surface area contributed by atoms with E-state index in [2.05, 4.69) is 27.3 Å². The molecular formula is C49H83N5O12. The maximum atomic E-state index is 14.4. The molecule has 0 unspecified atom stereocenters. The Hall–Kier alpha value is -2.65. The number of esters is 1. The van der Waals surface area contributed by atoms with Gasteiger partial charge in [-0.3, -0.25) is 14.4 Å². The largest absolute Gasteiger partial charge is 0.459 e. The summed E-state index contributed by atoms with van der Waals surface area (Å²) >= 11 is 0. The number of rotatable bonds is 13. The third kappa shape index (κ3) is 13.0. The second kappa shape index (κ2) is 22.8. The van der Waals surface area contributed by atoms with Gasteiger partial charge in [0.05, 0.1) is 53.8 Å². The summed E-state index contributed by atoms with van der Waals surface area (Å²) in [4.78, 5) is 18.4. The number of aryl methyl sites for hydroxylation is 2. The summed E-state index contributed by atoms with van der Waals surface area (Å²) < 4.78 is 40.1. The molecular weight excluding hydrogens is 851 g/mol. The van der Waals surface area contributed by atoms with Gasteiger partial charge in [0.1, 0.15) is 30.0 Å². The standard InChI is InChI=1S/C49H83N5O12/c1-14-38-49(10,60)42(56)33(6)53(12)27-29(2)25-47(8,59)44(31(4)41(32(5)45(58)64-38)65-39-26-48(9,61-13)43(57)34(7)63-39)66-46-40(55)37(24-30(3)62-46)52(11)22-23-54-28-36(50-51-54)21-20-35-18-16-15-17-19-35/h15-19,28-34,37-44,46,55-57,59-60H,14,20-27H2,1-13H3/t29-,30-,31+,32-,33-,34+,37+,38-,39+,40-,41+,42-,43+,44-,46+,47-,48-,49-/m1/s1. The Balaban J connectivity index is 1.45. The van der Waals surface area contributed by atoms with Gasteiger partial charge in [0.2, 0.25) is 0 Å². The van der Waals surface area contributed by atoms with Gasteiger partial charge < -0.3 is 58.9 Å². The number of benzene rings is 1. The summed E-state index contributed by atoms with van der Waals surface area (Å²) in [6.45, 7) is 19.2. The normalized spacial score (nSPS) is 41.6. The Kier molecular flexibility index (Phi) is 18.8. The third-order valence-corrected chi connectivity index (χ3v) is 14.9. The molecule has 3 aliphatic rings. The van der Waals surface area contributed by atoms with Gasteiger partial charge in [-0.05, 0) is 106 Å².